The van der Waals surface area contributed by atoms with E-state index in [0.717, 1.165) is 37.6 Å². The number of nitrogens with one attached hydrogen (secondary N) is 2. The lowest BCUT2D eigenvalue weighted by Crippen LogP contribution is -2.52. The van der Waals surface area contributed by atoms with Crippen molar-refractivity contribution >= 4 is 58.4 Å². The first-order valence-electron chi connectivity index (χ1n) is 16.9. The average molecular weight is 668 g/mol. The molecular weight excluding hydrogens is 621 g/mol. The number of piperidine rings is 1. The van der Waals surface area contributed by atoms with E-state index in [4.69, 9.17) is 9.72 Å². The van der Waals surface area contributed by atoms with Crippen molar-refractivity contribution in [2.45, 2.75) is 37.6 Å². The van der Waals surface area contributed by atoms with Gasteiger partial charge >= 0.3 is 0 Å². The standard InChI is InChI=1S/C36H46N9O2P/c1-6-24-23-39-36(42-35(24)40-29-10-9-28-33(38-14-13-37-28)34(29)48(4,5)46)41-30-21-27(25-7-8-25)31(22-32(30)47-3)45-15-11-26(12-16-45)44-19-17-43(2)18-20-44/h6,9-10,13-14,21-23,25-26H,1,7-8,11-12,15-20H2,2-5H3,(H2,39,40,41,42). The van der Waals surface area contributed by atoms with Crippen molar-refractivity contribution < 1.29 is 9.30 Å². The van der Waals surface area contributed by atoms with Crippen molar-refractivity contribution in [3.05, 3.63) is 60.6 Å². The van der Waals surface area contributed by atoms with E-state index in [1.54, 1.807) is 45.1 Å². The molecule has 4 aromatic rings. The number of hydrogen-bond acceptors (Lipinski definition) is 11. The number of nitrogens with zero attached hydrogens (tertiary/aromatic N) is 7. The Bertz CT molecular complexity index is 1860. The molecule has 2 N–H and O–H groups in total. The fourth-order valence-corrected chi connectivity index (χ4v) is 8.52. The minimum Gasteiger partial charge on any atom is -0.494 e. The van der Waals surface area contributed by atoms with Crippen LogP contribution in [0.15, 0.2) is 49.4 Å². The number of hydrogen-bond donors (Lipinski definition) is 2. The Balaban J connectivity index is 1.15. The highest BCUT2D eigenvalue weighted by Crippen LogP contribution is 2.48. The summed E-state index contributed by atoms with van der Waals surface area (Å²) in [7, 11) is 1.18. The van der Waals surface area contributed by atoms with Crippen molar-refractivity contribution in [2.75, 3.05) is 82.3 Å². The van der Waals surface area contributed by atoms with E-state index in [-0.39, 0.29) is 0 Å². The molecule has 7 rings (SSSR count). The summed E-state index contributed by atoms with van der Waals surface area (Å²) in [5, 5.41) is 7.51. The third-order valence-corrected chi connectivity index (χ3v) is 11.4. The number of aromatic nitrogens is 4. The predicted octanol–water partition coefficient (Wildman–Crippen LogP) is 5.90. The largest absolute Gasteiger partial charge is 0.494 e. The molecular formula is C36H46N9O2P. The third-order valence-electron chi connectivity index (χ3n) is 9.91. The van der Waals surface area contributed by atoms with E-state index in [1.807, 2.05) is 12.1 Å². The second kappa shape index (κ2) is 13.5. The van der Waals surface area contributed by atoms with Crippen LogP contribution in [0.3, 0.4) is 0 Å². The van der Waals surface area contributed by atoms with Gasteiger partial charge in [-0.05, 0) is 75.7 Å². The second-order valence-electron chi connectivity index (χ2n) is 13.6. The highest BCUT2D eigenvalue weighted by atomic mass is 31.2. The number of piperazine rings is 1. The number of benzene rings is 2. The van der Waals surface area contributed by atoms with E-state index >= 15 is 0 Å². The lowest BCUT2D eigenvalue weighted by Gasteiger charge is -2.43. The van der Waals surface area contributed by atoms with E-state index in [2.05, 4.69) is 66.0 Å². The van der Waals surface area contributed by atoms with Gasteiger partial charge in [0.15, 0.2) is 0 Å². The quantitative estimate of drug-likeness (QED) is 0.197. The maximum Gasteiger partial charge on any atom is 0.229 e. The van der Waals surface area contributed by atoms with Crippen LogP contribution in [0.1, 0.15) is 42.7 Å². The molecule has 252 valence electrons. The van der Waals surface area contributed by atoms with Crippen molar-refractivity contribution in [3.63, 3.8) is 0 Å². The van der Waals surface area contributed by atoms with Crippen LogP contribution in [0.4, 0.5) is 28.8 Å². The first-order chi connectivity index (χ1) is 23.2. The van der Waals surface area contributed by atoms with Crippen LogP contribution in [0.2, 0.25) is 0 Å². The first kappa shape index (κ1) is 32.5. The van der Waals surface area contributed by atoms with Crippen molar-refractivity contribution in [3.8, 4) is 5.75 Å². The number of rotatable bonds is 10. The summed E-state index contributed by atoms with van der Waals surface area (Å²) in [5.74, 6) is 2.27. The monoisotopic (exact) mass is 667 g/mol. The molecule has 0 unspecified atom stereocenters. The molecule has 0 bridgehead atoms. The van der Waals surface area contributed by atoms with E-state index in [9.17, 15) is 4.57 Å². The van der Waals surface area contributed by atoms with Gasteiger partial charge < -0.3 is 29.7 Å². The zero-order chi connectivity index (χ0) is 33.4. The van der Waals surface area contributed by atoms with Crippen LogP contribution in [0, 0.1) is 0 Å². The SMILES string of the molecule is C=Cc1cnc(Nc2cc(C3CC3)c(N3CCC(N4CCN(C)CC4)CC3)cc2OC)nc1Nc1ccc2nccnc2c1P(C)(C)=O. The van der Waals surface area contributed by atoms with Crippen molar-refractivity contribution in [1.29, 1.82) is 0 Å². The first-order valence-corrected chi connectivity index (χ1v) is 19.5. The van der Waals surface area contributed by atoms with Crippen molar-refractivity contribution in [2.24, 2.45) is 0 Å². The van der Waals surface area contributed by atoms with Gasteiger partial charge in [-0.1, -0.05) is 12.7 Å². The summed E-state index contributed by atoms with van der Waals surface area (Å²) >= 11 is 0. The van der Waals surface area contributed by atoms with Crippen LogP contribution in [-0.4, -0.2) is 103 Å². The number of methoxy groups -OCH3 is 1. The summed E-state index contributed by atoms with van der Waals surface area (Å²) in [6, 6.07) is 8.86. The van der Waals surface area contributed by atoms with Crippen LogP contribution in [0.25, 0.3) is 17.1 Å². The minimum absolute atomic E-state index is 0.419. The molecule has 0 spiro atoms. The molecule has 3 fully saturated rings. The van der Waals surface area contributed by atoms with Crippen LogP contribution in [0.5, 0.6) is 5.75 Å². The molecule has 0 amide bonds. The molecule has 2 aromatic heterocycles. The average Bonchev–Trinajstić information content (AvgIpc) is 3.94. The molecule has 4 heterocycles. The summed E-state index contributed by atoms with van der Waals surface area (Å²) in [4.78, 5) is 26.1. The highest BCUT2D eigenvalue weighted by Gasteiger charge is 2.32. The molecule has 48 heavy (non-hydrogen) atoms. The Hall–Kier alpha value is -4.05. The Labute approximate surface area is 283 Å². The predicted molar refractivity (Wildman–Crippen MR) is 197 cm³/mol. The van der Waals surface area contributed by atoms with Gasteiger partial charge in [-0.2, -0.15) is 4.98 Å². The van der Waals surface area contributed by atoms with Gasteiger partial charge in [-0.3, -0.25) is 14.9 Å². The van der Waals surface area contributed by atoms with Gasteiger partial charge in [0.2, 0.25) is 5.95 Å². The van der Waals surface area contributed by atoms with Crippen LogP contribution >= 0.6 is 7.14 Å². The Morgan fingerprint density at radius 1 is 0.938 bits per heavy atom. The van der Waals surface area contributed by atoms with E-state index < -0.39 is 7.14 Å². The van der Waals surface area contributed by atoms with Gasteiger partial charge in [0, 0.05) is 81.2 Å². The smallest absolute Gasteiger partial charge is 0.229 e. The maximum absolute atomic E-state index is 13.5. The van der Waals surface area contributed by atoms with Crippen LogP contribution < -0.4 is 25.6 Å². The molecule has 2 aliphatic heterocycles. The summed E-state index contributed by atoms with van der Waals surface area (Å²) < 4.78 is 19.5. The molecule has 3 aliphatic rings. The topological polar surface area (TPSA) is 112 Å². The fraction of sp³-hybridized carbons (Fsp3) is 0.444. The van der Waals surface area contributed by atoms with E-state index in [1.165, 1.54) is 50.0 Å². The second-order valence-corrected chi connectivity index (χ2v) is 16.8. The van der Waals surface area contributed by atoms with E-state index in [0.29, 0.717) is 51.3 Å². The summed E-state index contributed by atoms with van der Waals surface area (Å²) in [6.45, 7) is 14.2. The fourth-order valence-electron chi connectivity index (χ4n) is 7.12. The normalized spacial score (nSPS) is 18.2. The lowest BCUT2D eigenvalue weighted by molar-refractivity contribution is 0.0982. The van der Waals surface area contributed by atoms with Gasteiger partial charge in [0.1, 0.15) is 24.2 Å². The number of fused-ring (bicyclic) bond motifs is 1. The zero-order valence-electron chi connectivity index (χ0n) is 28.4. The van der Waals surface area contributed by atoms with Gasteiger partial charge in [0.25, 0.3) is 0 Å². The summed E-state index contributed by atoms with van der Waals surface area (Å²) in [5.41, 5.74) is 6.17. The van der Waals surface area contributed by atoms with Gasteiger partial charge in [-0.25, -0.2) is 4.98 Å². The number of ether oxygens (including phenoxy) is 1. The molecule has 2 aromatic carbocycles. The Morgan fingerprint density at radius 2 is 1.69 bits per heavy atom. The molecule has 1 aliphatic carbocycles. The third kappa shape index (κ3) is 6.77. The molecule has 11 nitrogen and oxygen atoms in total. The van der Waals surface area contributed by atoms with Crippen molar-refractivity contribution in [1.82, 2.24) is 29.7 Å². The van der Waals surface area contributed by atoms with Gasteiger partial charge in [-0.15, -0.1) is 0 Å². The molecule has 1 saturated carbocycles. The Kier molecular flexibility index (Phi) is 9.11. The highest BCUT2D eigenvalue weighted by molar-refractivity contribution is 7.71. The number of anilines is 5. The molecule has 2 saturated heterocycles. The molecule has 0 radical (unpaired) electrons. The zero-order valence-corrected chi connectivity index (χ0v) is 29.3. The summed E-state index contributed by atoms with van der Waals surface area (Å²) in [6.07, 6.45) is 11.5. The molecule has 12 heteroatoms. The minimum atomic E-state index is -2.75. The molecule has 0 atom stereocenters. The lowest BCUT2D eigenvalue weighted by atomic mass is 9.99. The maximum atomic E-state index is 13.5. The number of likely N-dealkylation sites (N-methyl/N-ethyl adjacent to an activating group) is 1. The Morgan fingerprint density at radius 3 is 2.38 bits per heavy atom. The van der Waals surface area contributed by atoms with Crippen LogP contribution in [-0.2, 0) is 4.57 Å². The van der Waals surface area contributed by atoms with Gasteiger partial charge in [0.05, 0.1) is 29.3 Å².